The number of aromatic nitrogens is 3. The van der Waals surface area contributed by atoms with Gasteiger partial charge >= 0.3 is 6.18 Å². The van der Waals surface area contributed by atoms with Gasteiger partial charge in [0.05, 0.1) is 28.6 Å². The van der Waals surface area contributed by atoms with Crippen LogP contribution in [0.4, 0.5) is 18.9 Å². The highest BCUT2D eigenvalue weighted by Crippen LogP contribution is 2.38. The van der Waals surface area contributed by atoms with Crippen LogP contribution < -0.4 is 5.32 Å². The Labute approximate surface area is 198 Å². The summed E-state index contributed by atoms with van der Waals surface area (Å²) in [6.07, 6.45) is -2.36. The Kier molecular flexibility index (Phi) is 7.26. The van der Waals surface area contributed by atoms with E-state index in [1.807, 2.05) is 34.9 Å². The topological polar surface area (TPSA) is 63.1 Å². The zero-order valence-corrected chi connectivity index (χ0v) is 19.1. The molecule has 174 valence electrons. The first-order valence-corrected chi connectivity index (χ1v) is 11.7. The predicted octanol–water partition coefficient (Wildman–Crippen LogP) is 5.27. The fraction of sp³-hybridized carbons (Fsp3) is 0.318. The lowest BCUT2D eigenvalue weighted by atomic mass is 10.1. The van der Waals surface area contributed by atoms with E-state index in [4.69, 9.17) is 11.6 Å². The van der Waals surface area contributed by atoms with Crippen LogP contribution in [0, 0.1) is 0 Å². The number of likely N-dealkylation sites (tertiary alicyclic amines) is 1. The van der Waals surface area contributed by atoms with E-state index in [9.17, 15) is 18.0 Å². The second-order valence-corrected chi connectivity index (χ2v) is 8.90. The Hall–Kier alpha value is -2.56. The van der Waals surface area contributed by atoms with E-state index in [-0.39, 0.29) is 10.8 Å². The summed E-state index contributed by atoms with van der Waals surface area (Å²) in [5.41, 5.74) is -0.588. The third-order valence-electron chi connectivity index (χ3n) is 5.19. The van der Waals surface area contributed by atoms with Gasteiger partial charge in [0.1, 0.15) is 0 Å². The summed E-state index contributed by atoms with van der Waals surface area (Å²) in [4.78, 5) is 14.8. The van der Waals surface area contributed by atoms with E-state index in [0.29, 0.717) is 11.7 Å². The van der Waals surface area contributed by atoms with Crippen molar-refractivity contribution in [2.75, 3.05) is 24.2 Å². The molecule has 0 radical (unpaired) electrons. The molecule has 1 fully saturated rings. The Bertz CT molecular complexity index is 1120. The van der Waals surface area contributed by atoms with Crippen LogP contribution in [0.3, 0.4) is 0 Å². The molecule has 1 aromatic heterocycles. The lowest BCUT2D eigenvalue weighted by Crippen LogP contribution is -2.21. The third kappa shape index (κ3) is 5.69. The molecular formula is C22H21ClF3N5OS. The van der Waals surface area contributed by atoms with Crippen molar-refractivity contribution in [2.45, 2.75) is 30.7 Å². The Morgan fingerprint density at radius 3 is 2.48 bits per heavy atom. The van der Waals surface area contributed by atoms with Gasteiger partial charge in [0.2, 0.25) is 5.91 Å². The van der Waals surface area contributed by atoms with Gasteiger partial charge in [-0.2, -0.15) is 13.2 Å². The number of hydrogen-bond acceptors (Lipinski definition) is 5. The number of carbonyl (C=O) groups excluding carboxylic acids is 1. The first-order chi connectivity index (χ1) is 15.8. The van der Waals surface area contributed by atoms with Crippen molar-refractivity contribution in [1.82, 2.24) is 19.7 Å². The fourth-order valence-corrected chi connectivity index (χ4v) is 4.66. The van der Waals surface area contributed by atoms with E-state index in [0.717, 1.165) is 55.3 Å². The summed E-state index contributed by atoms with van der Waals surface area (Å²) in [5, 5.41) is 11.2. The van der Waals surface area contributed by atoms with Crippen molar-refractivity contribution in [3.8, 4) is 5.69 Å². The average molecular weight is 496 g/mol. The van der Waals surface area contributed by atoms with E-state index >= 15 is 0 Å². The fourth-order valence-electron chi connectivity index (χ4n) is 3.67. The molecule has 1 aliphatic rings. The maximum atomic E-state index is 13.3. The van der Waals surface area contributed by atoms with Crippen LogP contribution in [0.2, 0.25) is 5.02 Å². The van der Waals surface area contributed by atoms with Crippen molar-refractivity contribution in [1.29, 1.82) is 0 Å². The second kappa shape index (κ2) is 10.1. The molecule has 0 bridgehead atoms. The molecule has 4 rings (SSSR count). The van der Waals surface area contributed by atoms with Crippen molar-refractivity contribution in [3.63, 3.8) is 0 Å². The molecule has 11 heteroatoms. The smallest absolute Gasteiger partial charge is 0.324 e. The van der Waals surface area contributed by atoms with Gasteiger partial charge in [-0.1, -0.05) is 47.6 Å². The normalized spacial score (nSPS) is 14.5. The number of nitrogens with zero attached hydrogens (tertiary/aromatic N) is 4. The number of para-hydroxylation sites is 2. The highest BCUT2D eigenvalue weighted by Gasteiger charge is 2.34. The average Bonchev–Trinajstić information content (AvgIpc) is 3.44. The first-order valence-electron chi connectivity index (χ1n) is 10.3. The zero-order valence-electron chi connectivity index (χ0n) is 17.5. The molecule has 2 heterocycles. The van der Waals surface area contributed by atoms with Gasteiger partial charge in [-0.05, 0) is 50.2 Å². The molecule has 0 atom stereocenters. The van der Waals surface area contributed by atoms with E-state index in [1.54, 1.807) is 0 Å². The number of rotatable bonds is 7. The molecule has 1 saturated heterocycles. The van der Waals surface area contributed by atoms with Crippen molar-refractivity contribution in [2.24, 2.45) is 0 Å². The van der Waals surface area contributed by atoms with Crippen LogP contribution in [0.25, 0.3) is 5.69 Å². The number of carbonyl (C=O) groups is 1. The number of nitrogens with one attached hydrogen (secondary N) is 1. The molecular weight excluding hydrogens is 475 g/mol. The van der Waals surface area contributed by atoms with Crippen LogP contribution in [0.1, 0.15) is 24.2 Å². The highest BCUT2D eigenvalue weighted by atomic mass is 35.5. The van der Waals surface area contributed by atoms with Gasteiger partial charge < -0.3 is 5.32 Å². The van der Waals surface area contributed by atoms with E-state index in [1.165, 1.54) is 12.1 Å². The summed E-state index contributed by atoms with van der Waals surface area (Å²) < 4.78 is 41.8. The van der Waals surface area contributed by atoms with Gasteiger partial charge in [-0.25, -0.2) is 0 Å². The third-order valence-corrected chi connectivity index (χ3v) is 6.44. The minimum Gasteiger partial charge on any atom is -0.324 e. The van der Waals surface area contributed by atoms with Crippen molar-refractivity contribution in [3.05, 3.63) is 64.9 Å². The van der Waals surface area contributed by atoms with Gasteiger partial charge in [-0.15, -0.1) is 10.2 Å². The first kappa shape index (κ1) is 23.6. The van der Waals surface area contributed by atoms with Crippen LogP contribution in [-0.4, -0.2) is 44.4 Å². The molecule has 1 N–H and O–H groups in total. The number of anilines is 1. The molecule has 0 unspecified atom stereocenters. The highest BCUT2D eigenvalue weighted by molar-refractivity contribution is 7.99. The van der Waals surface area contributed by atoms with Crippen LogP contribution in [-0.2, 0) is 17.5 Å². The lowest BCUT2D eigenvalue weighted by Gasteiger charge is -2.16. The summed E-state index contributed by atoms with van der Waals surface area (Å²) in [7, 11) is 0. The molecule has 1 aliphatic heterocycles. The summed E-state index contributed by atoms with van der Waals surface area (Å²) in [6.45, 7) is 2.61. The summed E-state index contributed by atoms with van der Waals surface area (Å²) >= 11 is 7.04. The monoisotopic (exact) mass is 495 g/mol. The summed E-state index contributed by atoms with van der Waals surface area (Å²) in [5.74, 6) is -0.0317. The molecule has 2 aromatic carbocycles. The van der Waals surface area contributed by atoms with Crippen LogP contribution in [0.5, 0.6) is 0 Å². The number of halogens is 4. The minimum absolute atomic E-state index is 0.156. The number of hydrogen-bond donors (Lipinski definition) is 1. The SMILES string of the molecule is O=C(CSc1nnc(CN2CCCC2)n1-c1ccccc1)Nc1c(Cl)cccc1C(F)(F)F. The number of alkyl halides is 3. The van der Waals surface area contributed by atoms with Gasteiger partial charge in [0.15, 0.2) is 11.0 Å². The molecule has 33 heavy (non-hydrogen) atoms. The largest absolute Gasteiger partial charge is 0.418 e. The standard InChI is InChI=1S/C22H21ClF3N5OS/c23-17-10-6-9-16(22(24,25)26)20(17)27-19(32)14-33-21-29-28-18(13-30-11-4-5-12-30)31(21)15-7-2-1-3-8-15/h1-3,6-10H,4-5,11-14H2,(H,27,32). The van der Waals surface area contributed by atoms with E-state index < -0.39 is 23.3 Å². The zero-order chi connectivity index (χ0) is 23.4. The van der Waals surface area contributed by atoms with Crippen molar-refractivity contribution < 1.29 is 18.0 Å². The quantitative estimate of drug-likeness (QED) is 0.453. The molecule has 1 amide bonds. The van der Waals surface area contributed by atoms with Crippen LogP contribution in [0.15, 0.2) is 53.7 Å². The number of amides is 1. The Morgan fingerprint density at radius 1 is 1.06 bits per heavy atom. The van der Waals surface area contributed by atoms with Gasteiger partial charge in [0.25, 0.3) is 0 Å². The Morgan fingerprint density at radius 2 is 1.79 bits per heavy atom. The lowest BCUT2D eigenvalue weighted by molar-refractivity contribution is -0.137. The molecule has 0 aliphatic carbocycles. The summed E-state index contributed by atoms with van der Waals surface area (Å²) in [6, 6.07) is 12.9. The minimum atomic E-state index is -4.64. The van der Waals surface area contributed by atoms with E-state index in [2.05, 4.69) is 20.4 Å². The maximum absolute atomic E-state index is 13.3. The second-order valence-electron chi connectivity index (χ2n) is 7.55. The van der Waals surface area contributed by atoms with Gasteiger partial charge in [-0.3, -0.25) is 14.3 Å². The molecule has 0 saturated carbocycles. The van der Waals surface area contributed by atoms with Crippen molar-refractivity contribution >= 4 is 35.0 Å². The van der Waals surface area contributed by atoms with Crippen LogP contribution >= 0.6 is 23.4 Å². The molecule has 6 nitrogen and oxygen atoms in total. The molecule has 0 spiro atoms. The van der Waals surface area contributed by atoms with Gasteiger partial charge in [0, 0.05) is 5.69 Å². The predicted molar refractivity (Wildman–Crippen MR) is 122 cm³/mol. The Balaban J connectivity index is 1.52. The molecule has 3 aromatic rings. The number of thioether (sulfide) groups is 1. The number of benzene rings is 2. The maximum Gasteiger partial charge on any atom is 0.418 e.